The molecule has 0 aromatic heterocycles. The Balaban J connectivity index is 0.00000109. The molecule has 0 bridgehead atoms. The molecule has 3 nitrogen and oxygen atoms in total. The molecule has 0 spiro atoms. The molecule has 6 N–H and O–H groups in total. The van der Waals surface area contributed by atoms with Crippen LogP contribution in [0.25, 0.3) is 0 Å². The number of hydrogen-bond acceptors (Lipinski definition) is 3. The quantitative estimate of drug-likeness (QED) is 0.363. The van der Waals surface area contributed by atoms with Gasteiger partial charge < -0.3 is 29.7 Å². The Bertz CT molecular complexity index is 553. The zero-order valence-electron chi connectivity index (χ0n) is 22.7. The molecule has 32 heavy (non-hydrogen) atoms. The normalized spacial score (nSPS) is 46.0. The van der Waals surface area contributed by atoms with Crippen LogP contribution in [-0.4, -0.2) is 18.6 Å². The molecule has 4 saturated carbocycles. The van der Waals surface area contributed by atoms with E-state index in [-0.39, 0.29) is 43.7 Å². The van der Waals surface area contributed by atoms with Crippen LogP contribution in [0.3, 0.4) is 0 Å². The summed E-state index contributed by atoms with van der Waals surface area (Å²) >= 11 is 0. The standard InChI is InChI=1S/C22H39N2.C3H5.C2H6.CH5N.Y/c1-5-22(24)13-10-16-18-14(2)19(23)17-8-6-7-11-20(17,3)15(18)9-12-21(16,22)4;1-3-2;2*1-2;/h5,14-19H,6-13,23-24H2,1-4H3;1H2,2H3;1-2H3;2H2,1H3;/q2*-1;;;. The van der Waals surface area contributed by atoms with Crippen LogP contribution in [0.15, 0.2) is 6.58 Å². The van der Waals surface area contributed by atoms with E-state index in [4.69, 9.17) is 11.5 Å². The second-order valence-electron chi connectivity index (χ2n) is 10.8. The van der Waals surface area contributed by atoms with E-state index in [1.807, 2.05) is 13.8 Å². The molecule has 9 atom stereocenters. The molecule has 0 saturated heterocycles. The molecule has 9 unspecified atom stereocenters. The van der Waals surface area contributed by atoms with Crippen molar-refractivity contribution in [1.29, 1.82) is 0 Å². The molecule has 4 aliphatic rings. The molecule has 0 aromatic rings. The molecule has 4 rings (SSSR count). The number of allylic oxidation sites excluding steroid dienone is 1. The van der Waals surface area contributed by atoms with Crippen molar-refractivity contribution in [3.8, 4) is 0 Å². The molecule has 0 heterocycles. The van der Waals surface area contributed by atoms with Gasteiger partial charge >= 0.3 is 0 Å². The molecule has 0 aliphatic heterocycles. The third-order valence-corrected chi connectivity index (χ3v) is 10.0. The van der Waals surface area contributed by atoms with Gasteiger partial charge in [-0.3, -0.25) is 6.58 Å². The summed E-state index contributed by atoms with van der Waals surface area (Å²) in [4.78, 5) is 0. The van der Waals surface area contributed by atoms with E-state index in [0.717, 1.165) is 23.7 Å². The fourth-order valence-corrected chi connectivity index (χ4v) is 8.38. The SMILES string of the molecule is C=[C-]C.CC.CN.C[CH-]C1(N)CCC2C3C(C)C(N)C4CCCCC4(C)C3CCC21C.[Y]. The van der Waals surface area contributed by atoms with Crippen LogP contribution < -0.4 is 17.2 Å². The third-order valence-electron chi connectivity index (χ3n) is 10.0. The summed E-state index contributed by atoms with van der Waals surface area (Å²) in [5.41, 5.74) is 19.1. The minimum absolute atomic E-state index is 0. The van der Waals surface area contributed by atoms with Crippen LogP contribution in [-0.2, 0) is 32.7 Å². The van der Waals surface area contributed by atoms with Gasteiger partial charge in [0.15, 0.2) is 0 Å². The van der Waals surface area contributed by atoms with Gasteiger partial charge in [-0.2, -0.15) is 13.8 Å². The fourth-order valence-electron chi connectivity index (χ4n) is 8.38. The van der Waals surface area contributed by atoms with Crippen molar-refractivity contribution < 1.29 is 32.7 Å². The van der Waals surface area contributed by atoms with Crippen molar-refractivity contribution in [2.75, 3.05) is 7.05 Å². The first kappa shape index (κ1) is 32.7. The van der Waals surface area contributed by atoms with E-state index in [1.54, 1.807) is 6.92 Å². The minimum atomic E-state index is -0.0588. The summed E-state index contributed by atoms with van der Waals surface area (Å²) in [5, 5.41) is 0. The maximum absolute atomic E-state index is 6.93. The molecule has 1 radical (unpaired) electrons. The first-order valence-electron chi connectivity index (χ1n) is 13.1. The van der Waals surface area contributed by atoms with Gasteiger partial charge in [0.2, 0.25) is 0 Å². The van der Waals surface area contributed by atoms with E-state index in [1.165, 1.54) is 58.4 Å². The van der Waals surface area contributed by atoms with Crippen LogP contribution in [0.4, 0.5) is 0 Å². The minimum Gasteiger partial charge on any atom is -0.507 e. The van der Waals surface area contributed by atoms with Gasteiger partial charge in [0, 0.05) is 38.8 Å². The smallest absolute Gasteiger partial charge is 0.0101 e. The van der Waals surface area contributed by atoms with Crippen LogP contribution in [0, 0.1) is 52.9 Å². The topological polar surface area (TPSA) is 78.1 Å². The van der Waals surface area contributed by atoms with Crippen molar-refractivity contribution in [3.05, 3.63) is 19.1 Å². The Morgan fingerprint density at radius 1 is 0.938 bits per heavy atom. The van der Waals surface area contributed by atoms with Gasteiger partial charge in [-0.05, 0) is 73.2 Å². The predicted molar refractivity (Wildman–Crippen MR) is 137 cm³/mol. The van der Waals surface area contributed by atoms with Gasteiger partial charge in [-0.25, -0.2) is 0 Å². The summed E-state index contributed by atoms with van der Waals surface area (Å²) in [5.74, 6) is 3.88. The van der Waals surface area contributed by atoms with Crippen molar-refractivity contribution in [3.63, 3.8) is 0 Å². The average Bonchev–Trinajstić information content (AvgIpc) is 3.06. The Morgan fingerprint density at radius 3 is 2.00 bits per heavy atom. The molecular formula is C28H55N3Y-2. The average molecular weight is 523 g/mol. The molecule has 4 aliphatic carbocycles. The molecule has 187 valence electrons. The van der Waals surface area contributed by atoms with Gasteiger partial charge in [0.1, 0.15) is 0 Å². The van der Waals surface area contributed by atoms with Crippen LogP contribution in [0.2, 0.25) is 0 Å². The summed E-state index contributed by atoms with van der Waals surface area (Å²) in [7, 11) is 1.50. The Morgan fingerprint density at radius 2 is 1.47 bits per heavy atom. The first-order chi connectivity index (χ1) is 14.7. The van der Waals surface area contributed by atoms with Crippen molar-refractivity contribution >= 4 is 0 Å². The Hall–Kier alpha value is 0.724. The third kappa shape index (κ3) is 5.43. The number of fused-ring (bicyclic) bond motifs is 5. The van der Waals surface area contributed by atoms with Crippen LogP contribution >= 0.6 is 0 Å². The van der Waals surface area contributed by atoms with Crippen LogP contribution in [0.1, 0.15) is 99.8 Å². The van der Waals surface area contributed by atoms with Crippen molar-refractivity contribution in [1.82, 2.24) is 0 Å². The van der Waals surface area contributed by atoms with Gasteiger partial charge in [-0.15, -0.1) is 5.54 Å². The summed E-state index contributed by atoms with van der Waals surface area (Å²) < 4.78 is 0. The number of nitrogens with two attached hydrogens (primary N) is 3. The summed E-state index contributed by atoms with van der Waals surface area (Å²) in [6.07, 6.45) is 15.6. The Labute approximate surface area is 226 Å². The molecular weight excluding hydrogens is 467 g/mol. The van der Waals surface area contributed by atoms with Gasteiger partial charge in [0.25, 0.3) is 0 Å². The maximum atomic E-state index is 6.93. The van der Waals surface area contributed by atoms with Gasteiger partial charge in [-0.1, -0.05) is 60.3 Å². The fraction of sp³-hybridized carbons (Fsp3) is 0.893. The Kier molecular flexibility index (Phi) is 14.0. The summed E-state index contributed by atoms with van der Waals surface area (Å²) in [6.45, 7) is 18.8. The maximum Gasteiger partial charge on any atom is 0.0101 e. The van der Waals surface area contributed by atoms with Crippen molar-refractivity contribution in [2.24, 2.45) is 57.6 Å². The van der Waals surface area contributed by atoms with Crippen LogP contribution in [0.5, 0.6) is 0 Å². The monoisotopic (exact) mass is 522 g/mol. The zero-order chi connectivity index (χ0) is 24.0. The van der Waals surface area contributed by atoms with E-state index in [2.05, 4.69) is 52.5 Å². The largest absolute Gasteiger partial charge is 0.507 e. The summed E-state index contributed by atoms with van der Waals surface area (Å²) in [6, 6.07) is 0.400. The predicted octanol–water partition coefficient (Wildman–Crippen LogP) is 6.12. The van der Waals surface area contributed by atoms with Gasteiger partial charge in [0.05, 0.1) is 0 Å². The first-order valence-corrected chi connectivity index (χ1v) is 13.1. The molecule has 4 heteroatoms. The second kappa shape index (κ2) is 13.7. The van der Waals surface area contributed by atoms with Crippen molar-refractivity contribution in [2.45, 2.75) is 111 Å². The molecule has 0 aromatic carbocycles. The van der Waals surface area contributed by atoms with E-state index < -0.39 is 0 Å². The zero-order valence-corrected chi connectivity index (χ0v) is 25.6. The molecule has 0 amide bonds. The van der Waals surface area contributed by atoms with E-state index in [0.29, 0.717) is 17.4 Å². The molecule has 4 fully saturated rings. The number of hydrogen-bond donors (Lipinski definition) is 3. The van der Waals surface area contributed by atoms with E-state index >= 15 is 0 Å². The van der Waals surface area contributed by atoms with E-state index in [9.17, 15) is 0 Å². The number of rotatable bonds is 1. The second-order valence-corrected chi connectivity index (χ2v) is 10.8.